The summed E-state index contributed by atoms with van der Waals surface area (Å²) in [6.07, 6.45) is 1.64. The highest BCUT2D eigenvalue weighted by molar-refractivity contribution is 7.89. The molecule has 1 heterocycles. The van der Waals surface area contributed by atoms with E-state index in [-0.39, 0.29) is 17.3 Å². The Morgan fingerprint density at radius 1 is 1.32 bits per heavy atom. The van der Waals surface area contributed by atoms with Gasteiger partial charge in [-0.1, -0.05) is 11.6 Å². The minimum atomic E-state index is -3.51. The SMILES string of the molecule is CNC1CCN(S(=O)(=O)c2cc(Cl)c(OC)cc2C)CC1.Cl. The highest BCUT2D eigenvalue weighted by Gasteiger charge is 2.30. The van der Waals surface area contributed by atoms with Gasteiger partial charge in [-0.15, -0.1) is 12.4 Å². The highest BCUT2D eigenvalue weighted by Crippen LogP contribution is 2.32. The van der Waals surface area contributed by atoms with Crippen LogP contribution in [0.4, 0.5) is 0 Å². The van der Waals surface area contributed by atoms with Crippen molar-refractivity contribution in [2.24, 2.45) is 0 Å². The Morgan fingerprint density at radius 2 is 1.91 bits per heavy atom. The summed E-state index contributed by atoms with van der Waals surface area (Å²) in [5.74, 6) is 0.488. The van der Waals surface area contributed by atoms with Gasteiger partial charge in [0.2, 0.25) is 10.0 Å². The van der Waals surface area contributed by atoms with Crippen molar-refractivity contribution in [3.05, 3.63) is 22.7 Å². The monoisotopic (exact) mass is 368 g/mol. The van der Waals surface area contributed by atoms with Crippen LogP contribution in [0.15, 0.2) is 17.0 Å². The van der Waals surface area contributed by atoms with Crippen molar-refractivity contribution < 1.29 is 13.2 Å². The van der Waals surface area contributed by atoms with Crippen LogP contribution in [0, 0.1) is 6.92 Å². The molecule has 1 aromatic rings. The van der Waals surface area contributed by atoms with Crippen LogP contribution in [0.1, 0.15) is 18.4 Å². The lowest BCUT2D eigenvalue weighted by Gasteiger charge is -2.31. The number of benzene rings is 1. The van der Waals surface area contributed by atoms with Gasteiger partial charge in [-0.2, -0.15) is 4.31 Å². The molecule has 1 saturated heterocycles. The van der Waals surface area contributed by atoms with Gasteiger partial charge in [0.1, 0.15) is 5.75 Å². The first-order chi connectivity index (χ1) is 9.90. The summed E-state index contributed by atoms with van der Waals surface area (Å²) in [6, 6.07) is 3.53. The molecule has 0 amide bonds. The van der Waals surface area contributed by atoms with Crippen LogP contribution >= 0.6 is 24.0 Å². The van der Waals surface area contributed by atoms with E-state index in [0.717, 1.165) is 12.8 Å². The molecule has 1 N–H and O–H groups in total. The van der Waals surface area contributed by atoms with Gasteiger partial charge in [-0.3, -0.25) is 0 Å². The van der Waals surface area contributed by atoms with Gasteiger partial charge in [0.25, 0.3) is 0 Å². The fourth-order valence-electron chi connectivity index (χ4n) is 2.60. The average molecular weight is 369 g/mol. The number of methoxy groups -OCH3 is 1. The molecule has 0 saturated carbocycles. The Labute approximate surface area is 143 Å². The van der Waals surface area contributed by atoms with E-state index < -0.39 is 10.0 Å². The first-order valence-electron chi connectivity index (χ1n) is 6.91. The molecule has 0 unspecified atom stereocenters. The van der Waals surface area contributed by atoms with Gasteiger partial charge in [0.15, 0.2) is 0 Å². The Kier molecular flexibility index (Phi) is 6.95. The van der Waals surface area contributed by atoms with E-state index in [9.17, 15) is 8.42 Å². The van der Waals surface area contributed by atoms with Crippen molar-refractivity contribution in [2.75, 3.05) is 27.2 Å². The Bertz CT molecular complexity index is 615. The molecule has 5 nitrogen and oxygen atoms in total. The first-order valence-corrected chi connectivity index (χ1v) is 8.73. The maximum atomic E-state index is 12.8. The van der Waals surface area contributed by atoms with Crippen molar-refractivity contribution in [2.45, 2.75) is 30.7 Å². The van der Waals surface area contributed by atoms with E-state index in [1.54, 1.807) is 13.0 Å². The van der Waals surface area contributed by atoms with Crippen LogP contribution < -0.4 is 10.1 Å². The second kappa shape index (κ2) is 7.84. The molecule has 8 heteroatoms. The zero-order valence-electron chi connectivity index (χ0n) is 12.9. The van der Waals surface area contributed by atoms with Gasteiger partial charge in [0.05, 0.1) is 17.0 Å². The quantitative estimate of drug-likeness (QED) is 0.886. The lowest BCUT2D eigenvalue weighted by atomic mass is 10.1. The third-order valence-corrected chi connectivity index (χ3v) is 6.27. The third-order valence-electron chi connectivity index (χ3n) is 3.93. The zero-order valence-corrected chi connectivity index (χ0v) is 15.3. The standard InChI is InChI=1S/C14H21ClN2O3S.ClH/c1-10-8-13(20-3)12(15)9-14(10)21(18,19)17-6-4-11(16-2)5-7-17;/h8-9,11,16H,4-7H2,1-3H3;1H. The molecule has 1 fully saturated rings. The van der Waals surface area contributed by atoms with E-state index in [2.05, 4.69) is 5.32 Å². The second-order valence-corrected chi connectivity index (χ2v) is 7.53. The lowest BCUT2D eigenvalue weighted by molar-refractivity contribution is 0.298. The molecule has 22 heavy (non-hydrogen) atoms. The number of hydrogen-bond acceptors (Lipinski definition) is 4. The van der Waals surface area contributed by atoms with Crippen molar-refractivity contribution in [3.8, 4) is 5.75 Å². The number of halogens is 2. The fraction of sp³-hybridized carbons (Fsp3) is 0.571. The highest BCUT2D eigenvalue weighted by atomic mass is 35.5. The molecule has 0 spiro atoms. The minimum absolute atomic E-state index is 0. The maximum Gasteiger partial charge on any atom is 0.243 e. The molecule has 1 aliphatic rings. The number of aryl methyl sites for hydroxylation is 1. The molecule has 126 valence electrons. The van der Waals surface area contributed by atoms with Crippen LogP contribution in [-0.2, 0) is 10.0 Å². The number of nitrogens with one attached hydrogen (secondary N) is 1. The maximum absolute atomic E-state index is 12.8. The van der Waals surface area contributed by atoms with Crippen molar-refractivity contribution >= 4 is 34.0 Å². The fourth-order valence-corrected chi connectivity index (χ4v) is 4.60. The van der Waals surface area contributed by atoms with E-state index >= 15 is 0 Å². The number of hydrogen-bond donors (Lipinski definition) is 1. The summed E-state index contributed by atoms with van der Waals surface area (Å²) < 4.78 is 32.2. The lowest BCUT2D eigenvalue weighted by Crippen LogP contribution is -2.44. The van der Waals surface area contributed by atoms with Crippen molar-refractivity contribution in [1.82, 2.24) is 9.62 Å². The number of nitrogens with zero attached hydrogens (tertiary/aromatic N) is 1. The summed E-state index contributed by atoms with van der Waals surface area (Å²) in [7, 11) is -0.0900. The van der Waals surface area contributed by atoms with E-state index in [0.29, 0.717) is 35.5 Å². The Morgan fingerprint density at radius 3 is 2.41 bits per heavy atom. The predicted octanol–water partition coefficient (Wildman–Crippen LogP) is 2.45. The molecule has 0 bridgehead atoms. The molecule has 0 aliphatic carbocycles. The molecule has 0 atom stereocenters. The number of ether oxygens (including phenoxy) is 1. The summed E-state index contributed by atoms with van der Waals surface area (Å²) >= 11 is 6.07. The number of sulfonamides is 1. The largest absolute Gasteiger partial charge is 0.495 e. The average Bonchev–Trinajstić information content (AvgIpc) is 2.49. The summed E-state index contributed by atoms with van der Waals surface area (Å²) in [5.41, 5.74) is 0.645. The Hall–Kier alpha value is -0.530. The Balaban J connectivity index is 0.00000242. The summed E-state index contributed by atoms with van der Waals surface area (Å²) in [6.45, 7) is 2.81. The molecule has 2 rings (SSSR count). The molecular weight excluding hydrogens is 347 g/mol. The summed E-state index contributed by atoms with van der Waals surface area (Å²) in [5, 5.41) is 3.50. The van der Waals surface area contributed by atoms with Crippen LogP contribution in [0.5, 0.6) is 5.75 Å². The van der Waals surface area contributed by atoms with Crippen LogP contribution in [0.2, 0.25) is 5.02 Å². The minimum Gasteiger partial charge on any atom is -0.495 e. The van der Waals surface area contributed by atoms with Crippen molar-refractivity contribution in [3.63, 3.8) is 0 Å². The molecule has 0 aromatic heterocycles. The summed E-state index contributed by atoms with van der Waals surface area (Å²) in [4.78, 5) is 0.260. The molecule has 1 aromatic carbocycles. The van der Waals surface area contributed by atoms with E-state index in [1.165, 1.54) is 17.5 Å². The first kappa shape index (κ1) is 19.5. The number of rotatable bonds is 4. The number of piperidine rings is 1. The smallest absolute Gasteiger partial charge is 0.243 e. The molecular formula is C14H22Cl2N2O3S. The zero-order chi connectivity index (χ0) is 15.6. The van der Waals surface area contributed by atoms with Gasteiger partial charge in [-0.05, 0) is 44.5 Å². The normalized spacial score (nSPS) is 17.1. The van der Waals surface area contributed by atoms with Gasteiger partial charge in [-0.25, -0.2) is 8.42 Å². The second-order valence-electron chi connectivity index (χ2n) is 5.22. The predicted molar refractivity (Wildman–Crippen MR) is 90.8 cm³/mol. The third kappa shape index (κ3) is 3.86. The van der Waals surface area contributed by atoms with Crippen molar-refractivity contribution in [1.29, 1.82) is 0 Å². The van der Waals surface area contributed by atoms with E-state index in [4.69, 9.17) is 16.3 Å². The van der Waals surface area contributed by atoms with Crippen LogP contribution in [0.3, 0.4) is 0 Å². The van der Waals surface area contributed by atoms with Gasteiger partial charge >= 0.3 is 0 Å². The van der Waals surface area contributed by atoms with Crippen LogP contribution in [-0.4, -0.2) is 46.0 Å². The topological polar surface area (TPSA) is 58.6 Å². The molecule has 0 radical (unpaired) electrons. The van der Waals surface area contributed by atoms with Gasteiger partial charge in [0, 0.05) is 19.1 Å². The van der Waals surface area contributed by atoms with Gasteiger partial charge < -0.3 is 10.1 Å². The van der Waals surface area contributed by atoms with E-state index in [1.807, 2.05) is 7.05 Å². The van der Waals surface area contributed by atoms with Crippen LogP contribution in [0.25, 0.3) is 0 Å². The molecule has 1 aliphatic heterocycles.